The topological polar surface area (TPSA) is 19.4 Å². The Morgan fingerprint density at radius 2 is 1.89 bits per heavy atom. The Bertz CT molecular complexity index is 530. The number of para-hydroxylation sites is 1. The summed E-state index contributed by atoms with van der Waals surface area (Å²) in [5.41, 5.74) is 2.40. The minimum atomic E-state index is 1.02. The molecule has 94 valence electrons. The maximum absolute atomic E-state index is 4.52. The molecular weight excluding hydrogens is 222 g/mol. The average molecular weight is 241 g/mol. The van der Waals surface area contributed by atoms with Crippen molar-refractivity contribution < 1.29 is 0 Å². The first-order chi connectivity index (χ1) is 8.81. The van der Waals surface area contributed by atoms with Crippen LogP contribution in [-0.4, -0.2) is 48.0 Å². The SMILES string of the molecule is CN1CCN(Cc2cnc3ccccc3c2)CC1. The van der Waals surface area contributed by atoms with E-state index >= 15 is 0 Å². The van der Waals surface area contributed by atoms with E-state index in [-0.39, 0.29) is 0 Å². The largest absolute Gasteiger partial charge is 0.304 e. The molecular formula is C15H19N3. The van der Waals surface area contributed by atoms with E-state index in [0.717, 1.165) is 25.2 Å². The molecule has 1 saturated heterocycles. The molecule has 0 atom stereocenters. The van der Waals surface area contributed by atoms with E-state index in [0.29, 0.717) is 0 Å². The summed E-state index contributed by atoms with van der Waals surface area (Å²) >= 11 is 0. The zero-order valence-electron chi connectivity index (χ0n) is 10.8. The number of nitrogens with zero attached hydrogens (tertiary/aromatic N) is 3. The van der Waals surface area contributed by atoms with Crippen LogP contribution < -0.4 is 0 Å². The van der Waals surface area contributed by atoms with Gasteiger partial charge < -0.3 is 4.90 Å². The van der Waals surface area contributed by atoms with E-state index < -0.39 is 0 Å². The highest BCUT2D eigenvalue weighted by molar-refractivity contribution is 5.78. The van der Waals surface area contributed by atoms with Gasteiger partial charge in [0.25, 0.3) is 0 Å². The number of likely N-dealkylation sites (N-methyl/N-ethyl adjacent to an activating group) is 1. The van der Waals surface area contributed by atoms with Crippen molar-refractivity contribution in [1.82, 2.24) is 14.8 Å². The molecule has 0 unspecified atom stereocenters. The van der Waals surface area contributed by atoms with Gasteiger partial charge in [0, 0.05) is 44.3 Å². The fourth-order valence-corrected chi connectivity index (χ4v) is 2.47. The number of fused-ring (bicyclic) bond motifs is 1. The third-order valence-corrected chi connectivity index (χ3v) is 3.65. The molecule has 0 N–H and O–H groups in total. The molecule has 0 amide bonds. The van der Waals surface area contributed by atoms with Crippen LogP contribution >= 0.6 is 0 Å². The fraction of sp³-hybridized carbons (Fsp3) is 0.400. The molecule has 3 heteroatoms. The minimum Gasteiger partial charge on any atom is -0.304 e. The van der Waals surface area contributed by atoms with Crippen molar-refractivity contribution in [3.05, 3.63) is 42.1 Å². The van der Waals surface area contributed by atoms with E-state index in [1.54, 1.807) is 0 Å². The van der Waals surface area contributed by atoms with Crippen molar-refractivity contribution in [2.45, 2.75) is 6.54 Å². The number of benzene rings is 1. The Hall–Kier alpha value is -1.45. The summed E-state index contributed by atoms with van der Waals surface area (Å²) in [6.45, 7) is 5.67. The van der Waals surface area contributed by atoms with Crippen molar-refractivity contribution in [1.29, 1.82) is 0 Å². The maximum atomic E-state index is 4.52. The van der Waals surface area contributed by atoms with Crippen LogP contribution in [0, 0.1) is 0 Å². The molecule has 1 aliphatic rings. The molecule has 1 aliphatic heterocycles. The quantitative estimate of drug-likeness (QED) is 0.801. The summed E-state index contributed by atoms with van der Waals surface area (Å²) in [6.07, 6.45) is 2.01. The number of aromatic nitrogens is 1. The lowest BCUT2D eigenvalue weighted by Gasteiger charge is -2.32. The van der Waals surface area contributed by atoms with Gasteiger partial charge in [-0.15, -0.1) is 0 Å². The van der Waals surface area contributed by atoms with Gasteiger partial charge in [-0.05, 0) is 24.7 Å². The van der Waals surface area contributed by atoms with Crippen molar-refractivity contribution in [3.8, 4) is 0 Å². The molecule has 1 aromatic heterocycles. The summed E-state index contributed by atoms with van der Waals surface area (Å²) in [4.78, 5) is 9.41. The lowest BCUT2D eigenvalue weighted by molar-refractivity contribution is 0.148. The zero-order chi connectivity index (χ0) is 12.4. The molecule has 18 heavy (non-hydrogen) atoms. The molecule has 0 radical (unpaired) electrons. The van der Waals surface area contributed by atoms with Gasteiger partial charge in [0.1, 0.15) is 0 Å². The Labute approximate surface area is 108 Å². The van der Waals surface area contributed by atoms with Crippen LogP contribution in [0.4, 0.5) is 0 Å². The lowest BCUT2D eigenvalue weighted by Crippen LogP contribution is -2.43. The number of piperazine rings is 1. The molecule has 0 saturated carbocycles. The van der Waals surface area contributed by atoms with Crippen LogP contribution in [0.15, 0.2) is 36.5 Å². The predicted molar refractivity (Wildman–Crippen MR) is 74.5 cm³/mol. The monoisotopic (exact) mass is 241 g/mol. The highest BCUT2D eigenvalue weighted by Crippen LogP contribution is 2.14. The second-order valence-electron chi connectivity index (χ2n) is 5.12. The van der Waals surface area contributed by atoms with E-state index in [1.165, 1.54) is 24.0 Å². The molecule has 3 rings (SSSR count). The van der Waals surface area contributed by atoms with Crippen molar-refractivity contribution in [3.63, 3.8) is 0 Å². The number of hydrogen-bond donors (Lipinski definition) is 0. The summed E-state index contributed by atoms with van der Waals surface area (Å²) in [5.74, 6) is 0. The van der Waals surface area contributed by atoms with Crippen LogP contribution in [-0.2, 0) is 6.54 Å². The zero-order valence-corrected chi connectivity index (χ0v) is 10.8. The fourth-order valence-electron chi connectivity index (χ4n) is 2.47. The van der Waals surface area contributed by atoms with Crippen molar-refractivity contribution in [2.75, 3.05) is 33.2 Å². The molecule has 0 bridgehead atoms. The Morgan fingerprint density at radius 3 is 2.72 bits per heavy atom. The summed E-state index contributed by atoms with van der Waals surface area (Å²) in [5, 5.41) is 1.24. The van der Waals surface area contributed by atoms with Crippen LogP contribution in [0.1, 0.15) is 5.56 Å². The van der Waals surface area contributed by atoms with Crippen LogP contribution in [0.2, 0.25) is 0 Å². The van der Waals surface area contributed by atoms with E-state index in [1.807, 2.05) is 12.3 Å². The van der Waals surface area contributed by atoms with E-state index in [9.17, 15) is 0 Å². The van der Waals surface area contributed by atoms with Crippen LogP contribution in [0.25, 0.3) is 10.9 Å². The van der Waals surface area contributed by atoms with Gasteiger partial charge in [0.2, 0.25) is 0 Å². The second kappa shape index (κ2) is 5.04. The summed E-state index contributed by atoms with van der Waals surface area (Å²) < 4.78 is 0. The normalized spacial score (nSPS) is 18.3. The Balaban J connectivity index is 1.74. The summed E-state index contributed by atoms with van der Waals surface area (Å²) in [6, 6.07) is 10.6. The van der Waals surface area contributed by atoms with Gasteiger partial charge >= 0.3 is 0 Å². The molecule has 2 heterocycles. The highest BCUT2D eigenvalue weighted by Gasteiger charge is 2.13. The third-order valence-electron chi connectivity index (χ3n) is 3.65. The second-order valence-corrected chi connectivity index (χ2v) is 5.12. The highest BCUT2D eigenvalue weighted by atomic mass is 15.2. The third kappa shape index (κ3) is 2.52. The van der Waals surface area contributed by atoms with Gasteiger partial charge in [0.05, 0.1) is 5.52 Å². The van der Waals surface area contributed by atoms with Gasteiger partial charge in [0.15, 0.2) is 0 Å². The van der Waals surface area contributed by atoms with Crippen LogP contribution in [0.5, 0.6) is 0 Å². The van der Waals surface area contributed by atoms with E-state index in [4.69, 9.17) is 0 Å². The van der Waals surface area contributed by atoms with E-state index in [2.05, 4.69) is 46.1 Å². The first-order valence-corrected chi connectivity index (χ1v) is 6.56. The molecule has 1 fully saturated rings. The predicted octanol–water partition coefficient (Wildman–Crippen LogP) is 1.98. The van der Waals surface area contributed by atoms with Crippen molar-refractivity contribution >= 4 is 10.9 Å². The number of hydrogen-bond acceptors (Lipinski definition) is 3. The first kappa shape index (κ1) is 11.6. The standard InChI is InChI=1S/C15H19N3/c1-17-6-8-18(9-7-17)12-13-10-14-4-2-3-5-15(14)16-11-13/h2-5,10-11H,6-9,12H2,1H3. The van der Waals surface area contributed by atoms with Gasteiger partial charge in [-0.1, -0.05) is 18.2 Å². The first-order valence-electron chi connectivity index (χ1n) is 6.56. The van der Waals surface area contributed by atoms with Gasteiger partial charge in [-0.3, -0.25) is 9.88 Å². The smallest absolute Gasteiger partial charge is 0.0702 e. The molecule has 3 nitrogen and oxygen atoms in total. The Morgan fingerprint density at radius 1 is 1.11 bits per heavy atom. The number of pyridine rings is 1. The van der Waals surface area contributed by atoms with Crippen molar-refractivity contribution in [2.24, 2.45) is 0 Å². The van der Waals surface area contributed by atoms with Crippen LogP contribution in [0.3, 0.4) is 0 Å². The van der Waals surface area contributed by atoms with Gasteiger partial charge in [-0.25, -0.2) is 0 Å². The van der Waals surface area contributed by atoms with Gasteiger partial charge in [-0.2, -0.15) is 0 Å². The molecule has 1 aromatic carbocycles. The lowest BCUT2D eigenvalue weighted by atomic mass is 10.1. The maximum Gasteiger partial charge on any atom is 0.0702 e. The number of rotatable bonds is 2. The Kier molecular flexibility index (Phi) is 3.26. The molecule has 0 spiro atoms. The molecule has 0 aliphatic carbocycles. The summed E-state index contributed by atoms with van der Waals surface area (Å²) in [7, 11) is 2.19. The minimum absolute atomic E-state index is 1.02. The molecule has 2 aromatic rings. The average Bonchev–Trinajstić information content (AvgIpc) is 2.41.